The normalized spacial score (nSPS) is 12.2. The lowest BCUT2D eigenvalue weighted by atomic mass is 10.1. The van der Waals surface area contributed by atoms with Gasteiger partial charge in [0.05, 0.1) is 6.61 Å². The second kappa shape index (κ2) is 6.71. The van der Waals surface area contributed by atoms with Crippen LogP contribution in [-0.2, 0) is 21.0 Å². The van der Waals surface area contributed by atoms with E-state index in [9.17, 15) is 18.0 Å². The number of hydrogen-bond acceptors (Lipinski definition) is 3. The van der Waals surface area contributed by atoms with Gasteiger partial charge in [-0.05, 0) is 19.4 Å². The van der Waals surface area contributed by atoms with Crippen molar-refractivity contribution in [3.63, 3.8) is 0 Å². The van der Waals surface area contributed by atoms with Crippen LogP contribution in [0.4, 0.5) is 13.2 Å². The summed E-state index contributed by atoms with van der Waals surface area (Å²) >= 11 is 0. The first kappa shape index (κ1) is 16.5. The molecule has 1 rings (SSSR count). The van der Waals surface area contributed by atoms with Crippen LogP contribution in [0.1, 0.15) is 19.4 Å². The minimum absolute atomic E-state index is 0.113. The van der Waals surface area contributed by atoms with Crippen LogP contribution in [0.2, 0.25) is 0 Å². The molecule has 1 aromatic carbocycles. The Bertz CT molecular complexity index is 432. The predicted octanol–water partition coefficient (Wildman–Crippen LogP) is 2.59. The summed E-state index contributed by atoms with van der Waals surface area (Å²) < 4.78 is 40.6. The Hall–Kier alpha value is -1.60. The van der Waals surface area contributed by atoms with Crippen molar-refractivity contribution in [2.45, 2.75) is 32.2 Å². The fourth-order valence-corrected chi connectivity index (χ4v) is 1.21. The van der Waals surface area contributed by atoms with Crippen molar-refractivity contribution in [3.8, 4) is 0 Å². The van der Waals surface area contributed by atoms with Crippen molar-refractivity contribution in [1.82, 2.24) is 5.48 Å². The van der Waals surface area contributed by atoms with Crippen LogP contribution in [0.3, 0.4) is 0 Å². The summed E-state index contributed by atoms with van der Waals surface area (Å²) in [5.41, 5.74) is 1.26. The zero-order valence-corrected chi connectivity index (χ0v) is 11.2. The van der Waals surface area contributed by atoms with Gasteiger partial charge >= 0.3 is 6.18 Å². The number of carbonyl (C=O) groups is 1. The van der Waals surface area contributed by atoms with Gasteiger partial charge in [-0.15, -0.1) is 0 Å². The average Bonchev–Trinajstić information content (AvgIpc) is 2.37. The molecule has 7 heteroatoms. The van der Waals surface area contributed by atoms with Gasteiger partial charge in [0, 0.05) is 0 Å². The second-order valence-electron chi connectivity index (χ2n) is 4.62. The molecule has 0 aliphatic rings. The van der Waals surface area contributed by atoms with E-state index in [0.29, 0.717) is 0 Å². The van der Waals surface area contributed by atoms with Crippen molar-refractivity contribution < 1.29 is 27.5 Å². The molecule has 0 spiro atoms. The van der Waals surface area contributed by atoms with Gasteiger partial charge in [0.25, 0.3) is 5.91 Å². The van der Waals surface area contributed by atoms with Crippen molar-refractivity contribution in [1.29, 1.82) is 0 Å². The lowest BCUT2D eigenvalue weighted by molar-refractivity contribution is -0.205. The molecule has 20 heavy (non-hydrogen) atoms. The third-order valence-electron chi connectivity index (χ3n) is 2.39. The Morgan fingerprint density at radius 2 is 1.80 bits per heavy atom. The summed E-state index contributed by atoms with van der Waals surface area (Å²) in [4.78, 5) is 16.6. The minimum atomic E-state index is -4.48. The molecule has 0 bridgehead atoms. The third-order valence-corrected chi connectivity index (χ3v) is 2.39. The molecule has 0 radical (unpaired) electrons. The molecule has 0 saturated carbocycles. The summed E-state index contributed by atoms with van der Waals surface area (Å²) in [5, 5.41) is 0. The highest BCUT2D eigenvalue weighted by Crippen LogP contribution is 2.19. The fraction of sp³-hybridized carbons (Fsp3) is 0.462. The van der Waals surface area contributed by atoms with E-state index in [0.717, 1.165) is 5.56 Å². The van der Waals surface area contributed by atoms with Gasteiger partial charge in [-0.1, -0.05) is 30.3 Å². The first-order valence-corrected chi connectivity index (χ1v) is 5.87. The molecule has 112 valence electrons. The molecule has 1 amide bonds. The van der Waals surface area contributed by atoms with Crippen LogP contribution in [-0.4, -0.2) is 24.3 Å². The predicted molar refractivity (Wildman–Crippen MR) is 65.5 cm³/mol. The molecule has 0 heterocycles. The van der Waals surface area contributed by atoms with E-state index in [1.807, 2.05) is 6.07 Å². The van der Waals surface area contributed by atoms with Crippen molar-refractivity contribution >= 4 is 5.91 Å². The molecular weight excluding hydrogens is 275 g/mol. The van der Waals surface area contributed by atoms with E-state index in [1.165, 1.54) is 13.8 Å². The van der Waals surface area contributed by atoms with E-state index in [-0.39, 0.29) is 6.61 Å². The zero-order valence-electron chi connectivity index (χ0n) is 11.2. The summed E-state index contributed by atoms with van der Waals surface area (Å²) in [7, 11) is 0. The number of carbonyl (C=O) groups excluding carboxylic acids is 1. The van der Waals surface area contributed by atoms with E-state index in [1.54, 1.807) is 24.3 Å². The summed E-state index contributed by atoms with van der Waals surface area (Å²) in [6, 6.07) is 9.01. The second-order valence-corrected chi connectivity index (χ2v) is 4.62. The Morgan fingerprint density at radius 1 is 1.20 bits per heavy atom. The first-order chi connectivity index (χ1) is 9.21. The summed E-state index contributed by atoms with van der Waals surface area (Å²) in [6.07, 6.45) is -4.48. The van der Waals surface area contributed by atoms with E-state index >= 15 is 0 Å². The Kier molecular flexibility index (Phi) is 5.52. The molecule has 0 atom stereocenters. The highest BCUT2D eigenvalue weighted by atomic mass is 19.4. The molecule has 0 aliphatic heterocycles. The third kappa shape index (κ3) is 6.03. The minimum Gasteiger partial charge on any atom is -0.356 e. The van der Waals surface area contributed by atoms with E-state index in [4.69, 9.17) is 4.84 Å². The molecule has 0 aliphatic carbocycles. The van der Waals surface area contributed by atoms with Crippen molar-refractivity contribution in [2.75, 3.05) is 6.61 Å². The maximum atomic E-state index is 12.0. The molecule has 4 nitrogen and oxygen atoms in total. The van der Waals surface area contributed by atoms with Crippen LogP contribution < -0.4 is 5.48 Å². The topological polar surface area (TPSA) is 47.6 Å². The van der Waals surface area contributed by atoms with E-state index < -0.39 is 24.3 Å². The molecular formula is C13H16F3NO3. The van der Waals surface area contributed by atoms with Crippen LogP contribution in [0.5, 0.6) is 0 Å². The lowest BCUT2D eigenvalue weighted by Crippen LogP contribution is -2.45. The zero-order chi connectivity index (χ0) is 15.2. The Morgan fingerprint density at radius 3 is 2.35 bits per heavy atom. The molecule has 0 unspecified atom stereocenters. The molecule has 0 aromatic heterocycles. The highest BCUT2D eigenvalue weighted by Gasteiger charge is 2.36. The van der Waals surface area contributed by atoms with Crippen LogP contribution in [0, 0.1) is 0 Å². The SMILES string of the molecule is CC(C)(OCC(F)(F)F)C(=O)NOCc1ccccc1. The van der Waals surface area contributed by atoms with Gasteiger partial charge in [-0.25, -0.2) is 5.48 Å². The summed E-state index contributed by atoms with van der Waals surface area (Å²) in [5.74, 6) is -0.780. The van der Waals surface area contributed by atoms with E-state index in [2.05, 4.69) is 10.2 Å². The molecule has 1 N–H and O–H groups in total. The molecule has 0 fully saturated rings. The Labute approximate surface area is 114 Å². The number of ether oxygens (including phenoxy) is 1. The smallest absolute Gasteiger partial charge is 0.356 e. The number of rotatable bonds is 6. The summed E-state index contributed by atoms with van der Waals surface area (Å²) in [6.45, 7) is 1.09. The van der Waals surface area contributed by atoms with Gasteiger partial charge < -0.3 is 4.74 Å². The number of alkyl halides is 3. The van der Waals surface area contributed by atoms with Crippen LogP contribution in [0.15, 0.2) is 30.3 Å². The van der Waals surface area contributed by atoms with Crippen LogP contribution in [0.25, 0.3) is 0 Å². The first-order valence-electron chi connectivity index (χ1n) is 5.87. The molecule has 1 aromatic rings. The number of halogens is 3. The quantitative estimate of drug-likeness (QED) is 0.820. The monoisotopic (exact) mass is 291 g/mol. The number of hydroxylamine groups is 1. The lowest BCUT2D eigenvalue weighted by Gasteiger charge is -2.24. The maximum Gasteiger partial charge on any atom is 0.411 e. The number of amides is 1. The Balaban J connectivity index is 2.37. The van der Waals surface area contributed by atoms with Gasteiger partial charge in [-0.3, -0.25) is 9.63 Å². The maximum absolute atomic E-state index is 12.0. The highest BCUT2D eigenvalue weighted by molar-refractivity contribution is 5.83. The largest absolute Gasteiger partial charge is 0.411 e. The van der Waals surface area contributed by atoms with Gasteiger partial charge in [0.2, 0.25) is 0 Å². The standard InChI is InChI=1S/C13H16F3NO3/c1-12(2,19-9-13(14,15)16)11(18)17-20-8-10-6-4-3-5-7-10/h3-7H,8-9H2,1-2H3,(H,17,18). The molecule has 0 saturated heterocycles. The van der Waals surface area contributed by atoms with Gasteiger partial charge in [0.1, 0.15) is 12.2 Å². The number of hydrogen-bond donors (Lipinski definition) is 1. The van der Waals surface area contributed by atoms with Crippen LogP contribution >= 0.6 is 0 Å². The van der Waals surface area contributed by atoms with Crippen molar-refractivity contribution in [3.05, 3.63) is 35.9 Å². The van der Waals surface area contributed by atoms with Crippen molar-refractivity contribution in [2.24, 2.45) is 0 Å². The van der Waals surface area contributed by atoms with Gasteiger partial charge in [-0.2, -0.15) is 13.2 Å². The fourth-order valence-electron chi connectivity index (χ4n) is 1.21. The number of benzene rings is 1. The average molecular weight is 291 g/mol. The number of nitrogens with one attached hydrogen (secondary N) is 1. The van der Waals surface area contributed by atoms with Gasteiger partial charge in [0.15, 0.2) is 0 Å².